The number of alkyl halides is 3. The molecule has 0 bridgehead atoms. The van der Waals surface area contributed by atoms with Gasteiger partial charge in [-0.15, -0.1) is 10.2 Å². The van der Waals surface area contributed by atoms with Crippen molar-refractivity contribution in [2.24, 2.45) is 0 Å². The lowest BCUT2D eigenvalue weighted by molar-refractivity contribution is -0.137. The summed E-state index contributed by atoms with van der Waals surface area (Å²) < 4.78 is 41.3. The standard InChI is InChI=1S/C26H23F3N4OS/c1-2-33-22(16-18-10-5-3-6-11-18)31-32-25(33)35-23(19-12-7-4-8-13-19)24(34)30-21-15-9-14-20(17-21)26(27,28)29/h3-15,17,23H,2,16H2,1H3,(H,30,34). The van der Waals surface area contributed by atoms with Crippen molar-refractivity contribution in [2.45, 2.75) is 36.5 Å². The molecule has 3 aromatic carbocycles. The maximum Gasteiger partial charge on any atom is 0.416 e. The maximum absolute atomic E-state index is 13.3. The van der Waals surface area contributed by atoms with Crippen LogP contribution >= 0.6 is 11.8 Å². The van der Waals surface area contributed by atoms with Crippen molar-refractivity contribution in [1.82, 2.24) is 14.8 Å². The fourth-order valence-electron chi connectivity index (χ4n) is 3.62. The largest absolute Gasteiger partial charge is 0.416 e. The van der Waals surface area contributed by atoms with Gasteiger partial charge in [-0.3, -0.25) is 4.79 Å². The molecule has 0 aliphatic carbocycles. The molecule has 0 aliphatic rings. The third-order valence-electron chi connectivity index (χ3n) is 5.34. The van der Waals surface area contributed by atoms with E-state index in [9.17, 15) is 18.0 Å². The summed E-state index contributed by atoms with van der Waals surface area (Å²) in [4.78, 5) is 13.3. The lowest BCUT2D eigenvalue weighted by Crippen LogP contribution is -2.20. The number of anilines is 1. The number of nitrogens with zero attached hydrogens (tertiary/aromatic N) is 3. The molecular weight excluding hydrogens is 473 g/mol. The van der Waals surface area contributed by atoms with Crippen LogP contribution in [0.25, 0.3) is 0 Å². The van der Waals surface area contributed by atoms with E-state index < -0.39 is 22.9 Å². The topological polar surface area (TPSA) is 59.8 Å². The second-order valence-corrected chi connectivity index (χ2v) is 8.85. The molecule has 5 nitrogen and oxygen atoms in total. The molecule has 1 N–H and O–H groups in total. The van der Waals surface area contributed by atoms with Crippen molar-refractivity contribution in [3.63, 3.8) is 0 Å². The second-order valence-electron chi connectivity index (χ2n) is 7.78. The highest BCUT2D eigenvalue weighted by Gasteiger charge is 2.31. The van der Waals surface area contributed by atoms with E-state index in [2.05, 4.69) is 15.5 Å². The van der Waals surface area contributed by atoms with Gasteiger partial charge in [-0.2, -0.15) is 13.2 Å². The molecule has 0 saturated carbocycles. The summed E-state index contributed by atoms with van der Waals surface area (Å²) in [5.74, 6) is 0.321. The van der Waals surface area contributed by atoms with Crippen LogP contribution in [0.15, 0.2) is 90.1 Å². The number of carbonyl (C=O) groups excluding carboxylic acids is 1. The van der Waals surface area contributed by atoms with Crippen molar-refractivity contribution >= 4 is 23.4 Å². The molecule has 1 aromatic heterocycles. The van der Waals surface area contributed by atoms with E-state index in [0.29, 0.717) is 23.7 Å². The number of rotatable bonds is 8. The summed E-state index contributed by atoms with van der Waals surface area (Å²) in [5, 5.41) is 11.1. The van der Waals surface area contributed by atoms with E-state index in [0.717, 1.165) is 23.5 Å². The first-order valence-electron chi connectivity index (χ1n) is 11.0. The molecule has 0 spiro atoms. The van der Waals surface area contributed by atoms with Crippen molar-refractivity contribution in [3.05, 3.63) is 107 Å². The van der Waals surface area contributed by atoms with Crippen LogP contribution in [0.3, 0.4) is 0 Å². The first-order valence-corrected chi connectivity index (χ1v) is 11.9. The zero-order valence-electron chi connectivity index (χ0n) is 18.9. The minimum atomic E-state index is -4.50. The van der Waals surface area contributed by atoms with Crippen molar-refractivity contribution in [2.75, 3.05) is 5.32 Å². The minimum absolute atomic E-state index is 0.0769. The molecule has 35 heavy (non-hydrogen) atoms. The minimum Gasteiger partial charge on any atom is -0.325 e. The fourth-order valence-corrected chi connectivity index (χ4v) is 4.74. The monoisotopic (exact) mass is 496 g/mol. The van der Waals surface area contributed by atoms with Gasteiger partial charge in [0.25, 0.3) is 0 Å². The summed E-state index contributed by atoms with van der Waals surface area (Å²) in [6.07, 6.45) is -3.91. The smallest absolute Gasteiger partial charge is 0.325 e. The molecule has 0 radical (unpaired) electrons. The van der Waals surface area contributed by atoms with Gasteiger partial charge in [-0.05, 0) is 36.2 Å². The van der Waals surface area contributed by atoms with Crippen LogP contribution in [-0.4, -0.2) is 20.7 Å². The molecule has 0 aliphatic heterocycles. The number of carbonyl (C=O) groups is 1. The van der Waals surface area contributed by atoms with E-state index in [1.54, 1.807) is 12.1 Å². The summed E-state index contributed by atoms with van der Waals surface area (Å²) in [5.41, 5.74) is 1.05. The average molecular weight is 497 g/mol. The number of hydrogen-bond donors (Lipinski definition) is 1. The highest BCUT2D eigenvalue weighted by molar-refractivity contribution is 8.00. The SMILES string of the molecule is CCn1c(Cc2ccccc2)nnc1SC(C(=O)Nc1cccc(C(F)(F)F)c1)c1ccccc1. The molecule has 1 unspecified atom stereocenters. The molecule has 1 atom stereocenters. The Morgan fingerprint density at radius 2 is 1.66 bits per heavy atom. The number of hydrogen-bond acceptors (Lipinski definition) is 4. The summed E-state index contributed by atoms with van der Waals surface area (Å²) in [6, 6.07) is 23.6. The Hall–Kier alpha value is -3.59. The van der Waals surface area contributed by atoms with Crippen LogP contribution in [-0.2, 0) is 23.9 Å². The average Bonchev–Trinajstić information content (AvgIpc) is 3.24. The zero-order chi connectivity index (χ0) is 24.8. The Kier molecular flexibility index (Phi) is 7.55. The van der Waals surface area contributed by atoms with Crippen molar-refractivity contribution in [1.29, 1.82) is 0 Å². The van der Waals surface area contributed by atoms with Gasteiger partial charge in [-0.25, -0.2) is 0 Å². The number of benzene rings is 3. The molecule has 0 fully saturated rings. The number of aromatic nitrogens is 3. The molecule has 4 rings (SSSR count). The van der Waals surface area contributed by atoms with Crippen LogP contribution in [0.2, 0.25) is 0 Å². The van der Waals surface area contributed by atoms with Gasteiger partial charge in [0.1, 0.15) is 11.1 Å². The van der Waals surface area contributed by atoms with Gasteiger partial charge in [0.2, 0.25) is 5.91 Å². The van der Waals surface area contributed by atoms with Crippen LogP contribution < -0.4 is 5.32 Å². The lowest BCUT2D eigenvalue weighted by atomic mass is 10.1. The highest BCUT2D eigenvalue weighted by Crippen LogP contribution is 2.36. The summed E-state index contributed by atoms with van der Waals surface area (Å²) >= 11 is 1.22. The van der Waals surface area contributed by atoms with Gasteiger partial charge >= 0.3 is 6.18 Å². The van der Waals surface area contributed by atoms with Crippen molar-refractivity contribution in [3.8, 4) is 0 Å². The molecule has 9 heteroatoms. The van der Waals surface area contributed by atoms with E-state index in [1.807, 2.05) is 60.0 Å². The highest BCUT2D eigenvalue weighted by atomic mass is 32.2. The predicted octanol–water partition coefficient (Wildman–Crippen LogP) is 6.38. The quantitative estimate of drug-likeness (QED) is 0.288. The van der Waals surface area contributed by atoms with Crippen LogP contribution in [0.4, 0.5) is 18.9 Å². The fraction of sp³-hybridized carbons (Fsp3) is 0.192. The Labute approximate surface area is 205 Å². The van der Waals surface area contributed by atoms with Crippen LogP contribution in [0, 0.1) is 0 Å². The number of nitrogens with one attached hydrogen (secondary N) is 1. The number of thioether (sulfide) groups is 1. The maximum atomic E-state index is 13.3. The Morgan fingerprint density at radius 1 is 0.971 bits per heavy atom. The number of amides is 1. The van der Waals surface area contributed by atoms with Crippen LogP contribution in [0.5, 0.6) is 0 Å². The molecule has 180 valence electrons. The van der Waals surface area contributed by atoms with E-state index in [4.69, 9.17) is 0 Å². The molecule has 1 amide bonds. The normalized spacial score (nSPS) is 12.3. The van der Waals surface area contributed by atoms with Gasteiger partial charge in [0.15, 0.2) is 5.16 Å². The predicted molar refractivity (Wildman–Crippen MR) is 130 cm³/mol. The lowest BCUT2D eigenvalue weighted by Gasteiger charge is -2.18. The Balaban J connectivity index is 1.61. The zero-order valence-corrected chi connectivity index (χ0v) is 19.7. The molecular formula is C26H23F3N4OS. The second kappa shape index (κ2) is 10.8. The third-order valence-corrected chi connectivity index (χ3v) is 6.57. The number of halogens is 3. The van der Waals surface area contributed by atoms with Gasteiger partial charge < -0.3 is 9.88 Å². The third kappa shape index (κ3) is 6.10. The summed E-state index contributed by atoms with van der Waals surface area (Å²) in [6.45, 7) is 2.58. The Morgan fingerprint density at radius 3 is 2.31 bits per heavy atom. The first-order chi connectivity index (χ1) is 16.8. The molecule has 0 saturated heterocycles. The molecule has 1 heterocycles. The van der Waals surface area contributed by atoms with E-state index in [-0.39, 0.29) is 5.69 Å². The summed E-state index contributed by atoms with van der Waals surface area (Å²) in [7, 11) is 0. The van der Waals surface area contributed by atoms with Gasteiger partial charge in [-0.1, -0.05) is 78.5 Å². The Bertz CT molecular complexity index is 1280. The van der Waals surface area contributed by atoms with Crippen LogP contribution in [0.1, 0.15) is 34.7 Å². The first kappa shape index (κ1) is 24.5. The van der Waals surface area contributed by atoms with Crippen molar-refractivity contribution < 1.29 is 18.0 Å². The van der Waals surface area contributed by atoms with E-state index in [1.165, 1.54) is 23.9 Å². The van der Waals surface area contributed by atoms with Gasteiger partial charge in [0.05, 0.1) is 5.56 Å². The molecule has 4 aromatic rings. The van der Waals surface area contributed by atoms with Gasteiger partial charge in [0, 0.05) is 18.7 Å². The van der Waals surface area contributed by atoms with E-state index >= 15 is 0 Å².